The topological polar surface area (TPSA) is 154 Å². The molecule has 1 saturated heterocycles. The monoisotopic (exact) mass is 800 g/mol. The summed E-state index contributed by atoms with van der Waals surface area (Å²) in [6.07, 6.45) is 4.08. The number of para-hydroxylation sites is 1. The number of benzene rings is 3. The quantitative estimate of drug-likeness (QED) is 0.222. The standard InChI is InChI=1S/C40H38F2N6O8S/c1-43-39(50)35-26-19-25(30(45(2)57(4,52)53)20-33(26)56-37(35)22-11-13-24(41)14-12-22)28-15-16-32-36(48(28)42)31-18-23-8-5-6-9-27(23)47(31)34(55-32)21-44-38(49)29-10-7-17-46(29)40(51)54-3/h5-6,8-9,11-16,19-20,29,34H,7,10,17-18,21H2,1-4H3,(H,43,50)(H,44,49)/t29-,34?/m0/s1. The Morgan fingerprint density at radius 3 is 2.54 bits per heavy atom. The molecule has 0 spiro atoms. The van der Waals surface area contributed by atoms with Crippen LogP contribution in [0.3, 0.4) is 0 Å². The minimum atomic E-state index is -3.92. The molecule has 0 radical (unpaired) electrons. The van der Waals surface area contributed by atoms with E-state index in [0.29, 0.717) is 42.2 Å². The van der Waals surface area contributed by atoms with E-state index in [2.05, 4.69) is 10.6 Å². The SMILES string of the molecule is CNC(=O)c1c(-c2ccc(F)cc2)oc2cc(N(C)S(C)(=O)=O)c(C3=CC=C4OC(CNC(=O)[C@@H]5CCCN5C(=O)OC)N5C(=C4N3F)Cc3ccccc35)cc12. The van der Waals surface area contributed by atoms with Crippen LogP contribution in [0.4, 0.5) is 25.0 Å². The molecule has 17 heteroatoms. The third-order valence-electron chi connectivity index (χ3n) is 10.7. The second-order valence-electron chi connectivity index (χ2n) is 14.0. The van der Waals surface area contributed by atoms with Crippen LogP contribution in [0.25, 0.3) is 28.0 Å². The number of nitrogens with zero attached hydrogens (tertiary/aromatic N) is 4. The van der Waals surface area contributed by atoms with Gasteiger partial charge in [-0.05, 0) is 67.0 Å². The predicted octanol–water partition coefficient (Wildman–Crippen LogP) is 5.40. The molecule has 2 atom stereocenters. The molecule has 0 saturated carbocycles. The van der Waals surface area contributed by atoms with Crippen molar-refractivity contribution in [1.29, 1.82) is 0 Å². The zero-order chi connectivity index (χ0) is 40.3. The van der Waals surface area contributed by atoms with Crippen LogP contribution >= 0.6 is 0 Å². The number of hydrogen-bond acceptors (Lipinski definition) is 10. The van der Waals surface area contributed by atoms with Gasteiger partial charge in [-0.15, -0.1) is 0 Å². The summed E-state index contributed by atoms with van der Waals surface area (Å²) in [5.74, 6) is -1.11. The van der Waals surface area contributed by atoms with E-state index in [1.807, 2.05) is 29.2 Å². The first-order valence-electron chi connectivity index (χ1n) is 18.1. The van der Waals surface area contributed by atoms with Crippen LogP contribution in [0.2, 0.25) is 0 Å². The third kappa shape index (κ3) is 6.40. The van der Waals surface area contributed by atoms with E-state index in [1.54, 1.807) is 6.08 Å². The number of amides is 3. The first-order valence-corrected chi connectivity index (χ1v) is 20.0. The average molecular weight is 801 g/mol. The highest BCUT2D eigenvalue weighted by molar-refractivity contribution is 7.92. The van der Waals surface area contributed by atoms with Gasteiger partial charge in [-0.2, -0.15) is 5.12 Å². The molecule has 4 aromatic rings. The number of sulfonamides is 1. The van der Waals surface area contributed by atoms with Crippen LogP contribution in [-0.4, -0.2) is 89.2 Å². The highest BCUT2D eigenvalue weighted by Gasteiger charge is 2.44. The number of furan rings is 1. The van der Waals surface area contributed by atoms with E-state index >= 15 is 4.48 Å². The lowest BCUT2D eigenvalue weighted by Gasteiger charge is -2.41. The van der Waals surface area contributed by atoms with Crippen molar-refractivity contribution >= 4 is 56.0 Å². The van der Waals surface area contributed by atoms with Crippen LogP contribution in [0.15, 0.2) is 94.4 Å². The first-order chi connectivity index (χ1) is 27.3. The molecular formula is C40H38F2N6O8S. The number of ether oxygens (including phenoxy) is 2. The molecule has 1 aromatic heterocycles. The van der Waals surface area contributed by atoms with Gasteiger partial charge in [0.2, 0.25) is 15.9 Å². The molecule has 4 aliphatic rings. The third-order valence-corrected chi connectivity index (χ3v) is 11.8. The van der Waals surface area contributed by atoms with Gasteiger partial charge < -0.3 is 29.4 Å². The summed E-state index contributed by atoms with van der Waals surface area (Å²) in [6.45, 7) is 0.390. The molecule has 1 unspecified atom stereocenters. The number of hydrogen-bond donors (Lipinski definition) is 2. The maximum atomic E-state index is 17.4. The molecule has 0 aliphatic carbocycles. The average Bonchev–Trinajstić information content (AvgIpc) is 3.94. The van der Waals surface area contributed by atoms with Gasteiger partial charge in [-0.25, -0.2) is 17.6 Å². The zero-order valence-corrected chi connectivity index (χ0v) is 32.2. The van der Waals surface area contributed by atoms with Crippen molar-refractivity contribution in [1.82, 2.24) is 20.7 Å². The van der Waals surface area contributed by atoms with Gasteiger partial charge in [0, 0.05) is 55.3 Å². The second-order valence-corrected chi connectivity index (χ2v) is 16.0. The normalized spacial score (nSPS) is 18.7. The maximum absolute atomic E-state index is 17.4. The van der Waals surface area contributed by atoms with Gasteiger partial charge in [-0.3, -0.25) is 18.8 Å². The van der Waals surface area contributed by atoms with Crippen LogP contribution in [0.1, 0.15) is 34.3 Å². The number of halogens is 2. The summed E-state index contributed by atoms with van der Waals surface area (Å²) < 4.78 is 75.8. The number of fused-ring (bicyclic) bond motifs is 5. The van der Waals surface area contributed by atoms with E-state index in [1.165, 1.54) is 68.6 Å². The lowest BCUT2D eigenvalue weighted by atomic mass is 9.99. The highest BCUT2D eigenvalue weighted by atomic mass is 32.2. The molecule has 4 aliphatic heterocycles. The molecule has 3 aromatic carbocycles. The number of carbonyl (C=O) groups is 3. The fraction of sp³-hybridized carbons (Fsp3) is 0.275. The minimum absolute atomic E-state index is 0.00518. The zero-order valence-electron chi connectivity index (χ0n) is 31.3. The van der Waals surface area contributed by atoms with E-state index < -0.39 is 40.1 Å². The summed E-state index contributed by atoms with van der Waals surface area (Å²) in [5, 5.41) is 6.22. The molecule has 57 heavy (non-hydrogen) atoms. The van der Waals surface area contributed by atoms with Crippen molar-refractivity contribution in [2.45, 2.75) is 31.5 Å². The predicted molar refractivity (Wildman–Crippen MR) is 207 cm³/mol. The Morgan fingerprint density at radius 2 is 1.82 bits per heavy atom. The first kappa shape index (κ1) is 37.6. The lowest BCUT2D eigenvalue weighted by molar-refractivity contribution is -0.125. The molecule has 1 fully saturated rings. The molecule has 3 amide bonds. The van der Waals surface area contributed by atoms with Gasteiger partial charge in [-0.1, -0.05) is 22.7 Å². The van der Waals surface area contributed by atoms with Crippen molar-refractivity contribution in [2.75, 3.05) is 49.8 Å². The maximum Gasteiger partial charge on any atom is 0.410 e. The molecule has 2 N–H and O–H groups in total. The van der Waals surface area contributed by atoms with E-state index in [9.17, 15) is 27.2 Å². The summed E-state index contributed by atoms with van der Waals surface area (Å²) in [6, 6.07) is 15.1. The number of carbonyl (C=O) groups excluding carboxylic acids is 3. The summed E-state index contributed by atoms with van der Waals surface area (Å²) in [4.78, 5) is 42.3. The number of allylic oxidation sites excluding steroid dienone is 3. The molecule has 14 nitrogen and oxygen atoms in total. The Morgan fingerprint density at radius 1 is 1.07 bits per heavy atom. The Kier molecular flexibility index (Phi) is 9.42. The van der Waals surface area contributed by atoms with Crippen molar-refractivity contribution < 1.29 is 45.6 Å². The van der Waals surface area contributed by atoms with Gasteiger partial charge >= 0.3 is 6.09 Å². The van der Waals surface area contributed by atoms with E-state index in [-0.39, 0.29) is 63.1 Å². The van der Waals surface area contributed by atoms with Crippen molar-refractivity contribution in [2.24, 2.45) is 0 Å². The lowest BCUT2D eigenvalue weighted by Crippen LogP contribution is -2.52. The van der Waals surface area contributed by atoms with Crippen LogP contribution in [0.5, 0.6) is 0 Å². The molecule has 8 rings (SSSR count). The highest BCUT2D eigenvalue weighted by Crippen LogP contribution is 2.48. The number of rotatable bonds is 8. The van der Waals surface area contributed by atoms with Gasteiger partial charge in [0.05, 0.1) is 42.6 Å². The molecular weight excluding hydrogens is 763 g/mol. The largest absolute Gasteiger partial charge is 0.466 e. The minimum Gasteiger partial charge on any atom is -0.466 e. The van der Waals surface area contributed by atoms with Gasteiger partial charge in [0.1, 0.15) is 28.9 Å². The Balaban J connectivity index is 1.23. The fourth-order valence-corrected chi connectivity index (χ4v) is 8.35. The van der Waals surface area contributed by atoms with Crippen molar-refractivity contribution in [3.05, 3.63) is 112 Å². The molecule has 0 bridgehead atoms. The Labute approximate surface area is 326 Å². The number of methoxy groups -OCH3 is 1. The van der Waals surface area contributed by atoms with Crippen LogP contribution in [0, 0.1) is 5.82 Å². The molecule has 5 heterocycles. The van der Waals surface area contributed by atoms with Crippen LogP contribution in [-0.2, 0) is 30.7 Å². The smallest absolute Gasteiger partial charge is 0.410 e. The van der Waals surface area contributed by atoms with Crippen LogP contribution < -0.4 is 19.8 Å². The van der Waals surface area contributed by atoms with E-state index in [4.69, 9.17) is 13.9 Å². The number of likely N-dealkylation sites (tertiary alicyclic amines) is 1. The Bertz CT molecular complexity index is 2550. The summed E-state index contributed by atoms with van der Waals surface area (Å²) in [5.41, 5.74) is 2.97. The molecule has 296 valence electrons. The van der Waals surface area contributed by atoms with Crippen molar-refractivity contribution in [3.63, 3.8) is 0 Å². The summed E-state index contributed by atoms with van der Waals surface area (Å²) >= 11 is 0. The van der Waals surface area contributed by atoms with E-state index in [0.717, 1.165) is 21.8 Å². The Hall–Kier alpha value is -6.36. The number of nitrogens with one attached hydrogen (secondary N) is 2. The van der Waals surface area contributed by atoms with Crippen molar-refractivity contribution in [3.8, 4) is 11.3 Å². The van der Waals surface area contributed by atoms with Gasteiger partial charge in [0.25, 0.3) is 5.91 Å². The second kappa shape index (κ2) is 14.3. The number of anilines is 2. The fourth-order valence-electron chi connectivity index (χ4n) is 7.84. The summed E-state index contributed by atoms with van der Waals surface area (Å²) in [7, 11) is 0.115. The van der Waals surface area contributed by atoms with Gasteiger partial charge in [0.15, 0.2) is 12.0 Å².